The van der Waals surface area contributed by atoms with Crippen molar-refractivity contribution >= 4 is 33.5 Å². The lowest BCUT2D eigenvalue weighted by molar-refractivity contribution is 0.0155. The van der Waals surface area contributed by atoms with Crippen LogP contribution in [0.3, 0.4) is 0 Å². The van der Waals surface area contributed by atoms with Crippen LogP contribution in [-0.2, 0) is 9.47 Å². The van der Waals surface area contributed by atoms with Crippen molar-refractivity contribution in [3.63, 3.8) is 0 Å². The topological polar surface area (TPSA) is 71.0 Å². The maximum atomic E-state index is 12.2. The van der Waals surface area contributed by atoms with Gasteiger partial charge in [-0.25, -0.2) is 14.8 Å². The summed E-state index contributed by atoms with van der Waals surface area (Å²) in [5.74, 6) is 8.37. The Bertz CT molecular complexity index is 1020. The molecule has 1 amide bonds. The van der Waals surface area contributed by atoms with E-state index in [1.807, 2.05) is 41.5 Å². The molecule has 4 rings (SSSR count). The molecule has 4 heterocycles. The van der Waals surface area contributed by atoms with E-state index in [2.05, 4.69) is 32.7 Å². The van der Waals surface area contributed by atoms with Gasteiger partial charge in [0, 0.05) is 39.3 Å². The number of aryl methyl sites for hydroxylation is 1. The first-order chi connectivity index (χ1) is 16.3. The maximum absolute atomic E-state index is 12.2. The van der Waals surface area contributed by atoms with E-state index in [1.54, 1.807) is 16.2 Å². The predicted molar refractivity (Wildman–Crippen MR) is 138 cm³/mol. The fraction of sp³-hybridized carbons (Fsp3) is 0.640. The third-order valence-corrected chi connectivity index (χ3v) is 6.35. The molecule has 0 radical (unpaired) electrons. The van der Waals surface area contributed by atoms with Gasteiger partial charge >= 0.3 is 6.09 Å². The summed E-state index contributed by atoms with van der Waals surface area (Å²) in [6.45, 7) is 18.4. The first-order valence-electron chi connectivity index (χ1n) is 12.1. The standard InChI is InChI=1S/C23H31N5O3S.C2H6/c1-17-24-19-16-18(32-20(19)21(25-17)27-12-14-30-15-13-27)6-5-7-26-8-10-28(11-9-26)22(29)31-23(2,3)4;1-2/h16H,7-15H2,1-4H3;1-2H3. The third-order valence-electron chi connectivity index (χ3n) is 5.31. The summed E-state index contributed by atoms with van der Waals surface area (Å²) >= 11 is 1.65. The zero-order chi connectivity index (χ0) is 24.7. The van der Waals surface area contributed by atoms with Crippen molar-refractivity contribution in [2.45, 2.75) is 47.1 Å². The van der Waals surface area contributed by atoms with Crippen LogP contribution in [0.5, 0.6) is 0 Å². The average Bonchev–Trinajstić information content (AvgIpc) is 3.22. The van der Waals surface area contributed by atoms with Gasteiger partial charge in [-0.05, 0) is 33.8 Å². The Hall–Kier alpha value is -2.41. The quantitative estimate of drug-likeness (QED) is 0.597. The summed E-state index contributed by atoms with van der Waals surface area (Å²) in [6, 6.07) is 2.06. The maximum Gasteiger partial charge on any atom is 0.410 e. The van der Waals surface area contributed by atoms with Crippen LogP contribution in [0.25, 0.3) is 10.2 Å². The number of carbonyl (C=O) groups is 1. The molecule has 8 nitrogen and oxygen atoms in total. The van der Waals surface area contributed by atoms with Gasteiger partial charge in [0.05, 0.1) is 34.9 Å². The van der Waals surface area contributed by atoms with Crippen LogP contribution in [0.15, 0.2) is 6.07 Å². The minimum atomic E-state index is -0.464. The van der Waals surface area contributed by atoms with Crippen LogP contribution < -0.4 is 4.90 Å². The van der Waals surface area contributed by atoms with Crippen LogP contribution in [0.1, 0.15) is 45.3 Å². The van der Waals surface area contributed by atoms with E-state index in [9.17, 15) is 4.79 Å². The zero-order valence-electron chi connectivity index (χ0n) is 21.3. The lowest BCUT2D eigenvalue weighted by atomic mass is 10.2. The van der Waals surface area contributed by atoms with E-state index in [0.29, 0.717) is 19.6 Å². The number of ether oxygens (including phenoxy) is 2. The predicted octanol–water partition coefficient (Wildman–Crippen LogP) is 3.77. The van der Waals surface area contributed by atoms with Crippen molar-refractivity contribution in [1.82, 2.24) is 19.8 Å². The summed E-state index contributed by atoms with van der Waals surface area (Å²) in [6.07, 6.45) is -0.235. The Morgan fingerprint density at radius 2 is 1.79 bits per heavy atom. The molecular weight excluding hydrogens is 450 g/mol. The summed E-state index contributed by atoms with van der Waals surface area (Å²) in [5, 5.41) is 0. The fourth-order valence-electron chi connectivity index (χ4n) is 3.73. The third kappa shape index (κ3) is 7.05. The SMILES string of the molecule is CC.Cc1nc(N2CCOCC2)c2sc(C#CCN3CCN(C(=O)OC(C)(C)C)CC3)cc2n1. The molecule has 2 aromatic heterocycles. The molecule has 0 saturated carbocycles. The number of hydrogen-bond acceptors (Lipinski definition) is 8. The molecule has 0 atom stereocenters. The molecule has 0 bridgehead atoms. The Kier molecular flexibility index (Phi) is 9.11. The Balaban J connectivity index is 0.00000158. The monoisotopic (exact) mass is 487 g/mol. The highest BCUT2D eigenvalue weighted by atomic mass is 32.1. The first-order valence-corrected chi connectivity index (χ1v) is 12.9. The lowest BCUT2D eigenvalue weighted by Gasteiger charge is -2.34. The van der Waals surface area contributed by atoms with E-state index < -0.39 is 5.60 Å². The van der Waals surface area contributed by atoms with Crippen LogP contribution in [0.4, 0.5) is 10.6 Å². The number of hydrogen-bond donors (Lipinski definition) is 0. The summed E-state index contributed by atoms with van der Waals surface area (Å²) in [4.78, 5) is 28.8. The molecular formula is C25H37N5O3S. The number of thiophene rings is 1. The number of nitrogens with zero attached hydrogens (tertiary/aromatic N) is 5. The van der Waals surface area contributed by atoms with Gasteiger partial charge in [-0.1, -0.05) is 25.7 Å². The van der Waals surface area contributed by atoms with Crippen molar-refractivity contribution in [2.75, 3.05) is 63.9 Å². The molecule has 9 heteroatoms. The van der Waals surface area contributed by atoms with Gasteiger partial charge in [0.1, 0.15) is 11.4 Å². The molecule has 2 saturated heterocycles. The number of carbonyl (C=O) groups excluding carboxylic acids is 1. The fourth-order valence-corrected chi connectivity index (χ4v) is 4.72. The molecule has 0 aliphatic carbocycles. The van der Waals surface area contributed by atoms with Gasteiger partial charge in [-0.3, -0.25) is 4.90 Å². The molecule has 186 valence electrons. The number of morpholine rings is 1. The molecule has 2 aliphatic rings. The second-order valence-corrected chi connectivity index (χ2v) is 10.1. The molecule has 2 aromatic rings. The van der Waals surface area contributed by atoms with Crippen LogP contribution in [0, 0.1) is 18.8 Å². The zero-order valence-corrected chi connectivity index (χ0v) is 22.1. The highest BCUT2D eigenvalue weighted by Crippen LogP contribution is 2.32. The van der Waals surface area contributed by atoms with Crippen molar-refractivity contribution in [3.05, 3.63) is 16.8 Å². The van der Waals surface area contributed by atoms with Gasteiger partial charge in [0.2, 0.25) is 0 Å². The van der Waals surface area contributed by atoms with Crippen molar-refractivity contribution in [3.8, 4) is 11.8 Å². The van der Waals surface area contributed by atoms with Crippen molar-refractivity contribution in [2.24, 2.45) is 0 Å². The number of anilines is 1. The Morgan fingerprint density at radius 3 is 2.44 bits per heavy atom. The number of rotatable bonds is 2. The molecule has 0 aromatic carbocycles. The summed E-state index contributed by atoms with van der Waals surface area (Å²) < 4.78 is 12.0. The second-order valence-electron chi connectivity index (χ2n) is 9.06. The highest BCUT2D eigenvalue weighted by Gasteiger charge is 2.25. The first kappa shape index (κ1) is 26.2. The average molecular weight is 488 g/mol. The second kappa shape index (κ2) is 11.8. The van der Waals surface area contributed by atoms with E-state index in [1.165, 1.54) is 0 Å². The van der Waals surface area contributed by atoms with Gasteiger partial charge in [0.25, 0.3) is 0 Å². The van der Waals surface area contributed by atoms with Crippen molar-refractivity contribution in [1.29, 1.82) is 0 Å². The molecule has 2 fully saturated rings. The van der Waals surface area contributed by atoms with Crippen LogP contribution in [0.2, 0.25) is 0 Å². The highest BCUT2D eigenvalue weighted by molar-refractivity contribution is 7.20. The minimum Gasteiger partial charge on any atom is -0.444 e. The molecule has 34 heavy (non-hydrogen) atoms. The van der Waals surface area contributed by atoms with Crippen LogP contribution in [-0.4, -0.2) is 90.5 Å². The van der Waals surface area contributed by atoms with E-state index >= 15 is 0 Å². The summed E-state index contributed by atoms with van der Waals surface area (Å²) in [5.41, 5.74) is 0.494. The Labute approximate surface area is 207 Å². The number of aromatic nitrogens is 2. The Morgan fingerprint density at radius 1 is 1.12 bits per heavy atom. The van der Waals surface area contributed by atoms with Gasteiger partial charge in [-0.2, -0.15) is 0 Å². The number of fused-ring (bicyclic) bond motifs is 1. The molecule has 0 unspecified atom stereocenters. The lowest BCUT2D eigenvalue weighted by Crippen LogP contribution is -2.50. The van der Waals surface area contributed by atoms with Gasteiger partial charge in [-0.15, -0.1) is 11.3 Å². The van der Waals surface area contributed by atoms with Gasteiger partial charge in [0.15, 0.2) is 5.82 Å². The number of amides is 1. The van der Waals surface area contributed by atoms with E-state index in [0.717, 1.165) is 66.1 Å². The smallest absolute Gasteiger partial charge is 0.410 e. The largest absolute Gasteiger partial charge is 0.444 e. The number of piperazine rings is 1. The van der Waals surface area contributed by atoms with Crippen LogP contribution >= 0.6 is 11.3 Å². The minimum absolute atomic E-state index is 0.235. The van der Waals surface area contributed by atoms with E-state index in [-0.39, 0.29) is 6.09 Å². The van der Waals surface area contributed by atoms with E-state index in [4.69, 9.17) is 14.5 Å². The molecule has 0 N–H and O–H groups in total. The summed E-state index contributed by atoms with van der Waals surface area (Å²) in [7, 11) is 0. The molecule has 0 spiro atoms. The van der Waals surface area contributed by atoms with Gasteiger partial charge < -0.3 is 19.3 Å². The molecule has 2 aliphatic heterocycles. The normalized spacial score (nSPS) is 17.0. The van der Waals surface area contributed by atoms with Crippen molar-refractivity contribution < 1.29 is 14.3 Å².